The van der Waals surface area contributed by atoms with Gasteiger partial charge in [0.25, 0.3) is 0 Å². The Morgan fingerprint density at radius 2 is 2.29 bits per heavy atom. The first kappa shape index (κ1) is 11.9. The zero-order chi connectivity index (χ0) is 12.5. The van der Waals surface area contributed by atoms with Gasteiger partial charge in [0.05, 0.1) is 6.04 Å². The van der Waals surface area contributed by atoms with Crippen molar-refractivity contribution in [1.82, 2.24) is 5.01 Å². The van der Waals surface area contributed by atoms with Crippen LogP contribution in [0.4, 0.5) is 0 Å². The number of hydrogen-bond donors (Lipinski definition) is 1. The summed E-state index contributed by atoms with van der Waals surface area (Å²) in [6.45, 7) is 8.43. The molecule has 1 fully saturated rings. The van der Waals surface area contributed by atoms with E-state index in [1.54, 1.807) is 5.01 Å². The fraction of sp³-hybridized carbons (Fsp3) is 0.333. The molecule has 0 aromatic rings. The van der Waals surface area contributed by atoms with E-state index in [2.05, 4.69) is 56.9 Å². The van der Waals surface area contributed by atoms with Crippen molar-refractivity contribution in [2.75, 3.05) is 0 Å². The molecule has 0 bridgehead atoms. The Hall–Kier alpha value is -1.54. The molecule has 0 saturated carbocycles. The fourth-order valence-corrected chi connectivity index (χ4v) is 2.55. The molecule has 2 atom stereocenters. The van der Waals surface area contributed by atoms with Crippen molar-refractivity contribution in [3.05, 3.63) is 60.4 Å². The molecule has 1 aliphatic heterocycles. The molecule has 90 valence electrons. The van der Waals surface area contributed by atoms with E-state index in [0.29, 0.717) is 0 Å². The molecule has 0 amide bonds. The number of fused-ring (bicyclic) bond motifs is 1. The Bertz CT molecular complexity index is 440. The van der Waals surface area contributed by atoms with Crippen molar-refractivity contribution in [3.63, 3.8) is 0 Å². The number of nitrogens with two attached hydrogens (primary N) is 1. The molecule has 1 saturated heterocycles. The summed E-state index contributed by atoms with van der Waals surface area (Å²) < 4.78 is 0. The van der Waals surface area contributed by atoms with Crippen LogP contribution in [0.15, 0.2) is 60.4 Å². The van der Waals surface area contributed by atoms with Crippen molar-refractivity contribution in [2.24, 2.45) is 11.3 Å². The number of rotatable bonds is 2. The van der Waals surface area contributed by atoms with E-state index in [1.165, 1.54) is 5.57 Å². The maximum Gasteiger partial charge on any atom is 0.0765 e. The molecule has 2 nitrogen and oxygen atoms in total. The van der Waals surface area contributed by atoms with Crippen LogP contribution in [0.5, 0.6) is 0 Å². The van der Waals surface area contributed by atoms with Gasteiger partial charge in [0, 0.05) is 11.1 Å². The quantitative estimate of drug-likeness (QED) is 0.736. The molecule has 1 aliphatic carbocycles. The van der Waals surface area contributed by atoms with Gasteiger partial charge < -0.3 is 5.01 Å². The van der Waals surface area contributed by atoms with Crippen LogP contribution < -0.4 is 5.84 Å². The van der Waals surface area contributed by atoms with Crippen LogP contribution in [0.3, 0.4) is 0 Å². The topological polar surface area (TPSA) is 29.3 Å². The number of nitrogens with zero attached hydrogens (tertiary/aromatic N) is 1. The third-order valence-electron chi connectivity index (χ3n) is 3.60. The van der Waals surface area contributed by atoms with Gasteiger partial charge in [0.1, 0.15) is 0 Å². The van der Waals surface area contributed by atoms with Crippen LogP contribution >= 0.6 is 0 Å². The van der Waals surface area contributed by atoms with Crippen LogP contribution in [-0.2, 0) is 0 Å². The molecule has 2 N–H and O–H groups in total. The van der Waals surface area contributed by atoms with Crippen LogP contribution in [0.2, 0.25) is 0 Å². The van der Waals surface area contributed by atoms with Crippen molar-refractivity contribution in [1.29, 1.82) is 0 Å². The van der Waals surface area contributed by atoms with Crippen LogP contribution in [0.25, 0.3) is 0 Å². The Balaban J connectivity index is 2.42. The van der Waals surface area contributed by atoms with Crippen LogP contribution in [0.1, 0.15) is 20.3 Å². The minimum Gasteiger partial charge on any atom is -0.303 e. The largest absolute Gasteiger partial charge is 0.303 e. The summed E-state index contributed by atoms with van der Waals surface area (Å²) in [6, 6.07) is 0.182. The lowest BCUT2D eigenvalue weighted by Crippen LogP contribution is -2.40. The number of hydrogen-bond acceptors (Lipinski definition) is 2. The number of allylic oxidation sites excluding steroid dienone is 6. The Morgan fingerprint density at radius 3 is 3.00 bits per heavy atom. The van der Waals surface area contributed by atoms with E-state index in [-0.39, 0.29) is 11.5 Å². The highest BCUT2D eigenvalue weighted by Gasteiger charge is 2.46. The zero-order valence-electron chi connectivity index (χ0n) is 10.6. The summed E-state index contributed by atoms with van der Waals surface area (Å²) in [5, 5.41) is 1.77. The van der Waals surface area contributed by atoms with E-state index >= 15 is 0 Å². The molecular formula is C15H20N2. The molecule has 17 heavy (non-hydrogen) atoms. The van der Waals surface area contributed by atoms with Gasteiger partial charge in [0.2, 0.25) is 0 Å². The summed E-state index contributed by atoms with van der Waals surface area (Å²) in [5.41, 5.74) is 2.06. The normalized spacial score (nSPS) is 34.1. The third kappa shape index (κ3) is 1.79. The summed E-state index contributed by atoms with van der Waals surface area (Å²) in [5.74, 6) is 6.10. The second-order valence-electron chi connectivity index (χ2n) is 4.74. The molecule has 0 spiro atoms. The van der Waals surface area contributed by atoms with E-state index in [4.69, 9.17) is 5.84 Å². The lowest BCUT2D eigenvalue weighted by molar-refractivity contribution is 0.275. The van der Waals surface area contributed by atoms with Gasteiger partial charge in [-0.05, 0) is 18.9 Å². The summed E-state index contributed by atoms with van der Waals surface area (Å²) in [6.07, 6.45) is 15.9. The minimum absolute atomic E-state index is 0.0569. The van der Waals surface area contributed by atoms with Gasteiger partial charge in [0.15, 0.2) is 0 Å². The summed E-state index contributed by atoms with van der Waals surface area (Å²) in [7, 11) is 0. The first-order valence-corrected chi connectivity index (χ1v) is 6.07. The molecule has 0 aromatic heterocycles. The molecular weight excluding hydrogens is 208 g/mol. The van der Waals surface area contributed by atoms with Crippen LogP contribution in [0, 0.1) is 5.41 Å². The molecule has 2 unspecified atom stereocenters. The predicted octanol–water partition coefficient (Wildman–Crippen LogP) is 3.08. The van der Waals surface area contributed by atoms with Gasteiger partial charge >= 0.3 is 0 Å². The lowest BCUT2D eigenvalue weighted by Gasteiger charge is -2.30. The predicted molar refractivity (Wildman–Crippen MR) is 72.9 cm³/mol. The first-order valence-electron chi connectivity index (χ1n) is 6.07. The Kier molecular flexibility index (Phi) is 3.07. The highest BCUT2D eigenvalue weighted by atomic mass is 15.4. The molecule has 2 aliphatic rings. The lowest BCUT2D eigenvalue weighted by atomic mass is 9.76. The summed E-state index contributed by atoms with van der Waals surface area (Å²) in [4.78, 5) is 0. The van der Waals surface area contributed by atoms with Gasteiger partial charge in [-0.2, -0.15) is 0 Å². The van der Waals surface area contributed by atoms with Crippen molar-refractivity contribution in [3.8, 4) is 0 Å². The monoisotopic (exact) mass is 228 g/mol. The third-order valence-corrected chi connectivity index (χ3v) is 3.60. The number of hydrazine groups is 1. The Labute approximate surface area is 103 Å². The molecule has 0 aromatic carbocycles. The maximum absolute atomic E-state index is 6.10. The van der Waals surface area contributed by atoms with Gasteiger partial charge in [-0.15, -0.1) is 0 Å². The van der Waals surface area contributed by atoms with E-state index in [0.717, 1.165) is 12.1 Å². The SMILES string of the molecule is C=C1/C(=C\C=C/CC)C2(C)C=CC=CC2N1N. The van der Waals surface area contributed by atoms with Crippen LogP contribution in [-0.4, -0.2) is 11.1 Å². The minimum atomic E-state index is -0.0569. The Morgan fingerprint density at radius 1 is 1.53 bits per heavy atom. The second kappa shape index (κ2) is 4.38. The van der Waals surface area contributed by atoms with Gasteiger partial charge in [-0.3, -0.25) is 0 Å². The summed E-state index contributed by atoms with van der Waals surface area (Å²) >= 11 is 0. The highest BCUT2D eigenvalue weighted by molar-refractivity contribution is 5.49. The van der Waals surface area contributed by atoms with Crippen molar-refractivity contribution >= 4 is 0 Å². The molecule has 2 heteroatoms. The highest BCUT2D eigenvalue weighted by Crippen LogP contribution is 2.48. The van der Waals surface area contributed by atoms with E-state index < -0.39 is 0 Å². The second-order valence-corrected chi connectivity index (χ2v) is 4.74. The van der Waals surface area contributed by atoms with Crippen molar-refractivity contribution in [2.45, 2.75) is 26.3 Å². The first-order chi connectivity index (χ1) is 8.11. The average Bonchev–Trinajstić information content (AvgIpc) is 2.51. The smallest absolute Gasteiger partial charge is 0.0765 e. The van der Waals surface area contributed by atoms with E-state index in [1.807, 2.05) is 6.08 Å². The van der Waals surface area contributed by atoms with Gasteiger partial charge in [-0.1, -0.05) is 56.0 Å². The van der Waals surface area contributed by atoms with E-state index in [9.17, 15) is 0 Å². The standard InChI is InChI=1S/C15H20N2/c1-4-5-6-9-13-12(2)17(16)14-10-7-8-11-15(13,14)3/h5-11,14H,2,4,16H2,1,3H3/b6-5-,13-9+. The fourth-order valence-electron chi connectivity index (χ4n) is 2.55. The molecule has 0 radical (unpaired) electrons. The molecule has 2 rings (SSSR count). The molecule has 1 heterocycles. The maximum atomic E-state index is 6.10. The average molecular weight is 228 g/mol. The zero-order valence-corrected chi connectivity index (χ0v) is 10.6. The van der Waals surface area contributed by atoms with Crippen molar-refractivity contribution < 1.29 is 0 Å². The van der Waals surface area contributed by atoms with Gasteiger partial charge in [-0.25, -0.2) is 5.84 Å².